The zero-order chi connectivity index (χ0) is 12.5. The molecule has 18 heavy (non-hydrogen) atoms. The van der Waals surface area contributed by atoms with Crippen molar-refractivity contribution < 1.29 is 0 Å². The molecule has 0 aliphatic heterocycles. The van der Waals surface area contributed by atoms with E-state index in [1.807, 2.05) is 18.3 Å². The molecule has 0 aliphatic carbocycles. The van der Waals surface area contributed by atoms with E-state index in [1.54, 1.807) is 4.52 Å². The van der Waals surface area contributed by atoms with Gasteiger partial charge in [0.15, 0.2) is 5.65 Å². The minimum Gasteiger partial charge on any atom is -0.325 e. The van der Waals surface area contributed by atoms with Crippen molar-refractivity contribution in [3.8, 4) is 11.3 Å². The molecule has 4 heteroatoms. The maximum absolute atomic E-state index is 5.58. The van der Waals surface area contributed by atoms with Gasteiger partial charge >= 0.3 is 0 Å². The predicted octanol–water partition coefficient (Wildman–Crippen LogP) is 2.16. The first-order valence-electron chi connectivity index (χ1n) is 5.89. The lowest BCUT2D eigenvalue weighted by Crippen LogP contribution is -1.95. The third-order valence-electron chi connectivity index (χ3n) is 2.93. The second-order valence-electron chi connectivity index (χ2n) is 4.32. The average Bonchev–Trinajstić information content (AvgIpc) is 2.81. The van der Waals surface area contributed by atoms with Crippen LogP contribution >= 0.6 is 0 Å². The molecule has 2 N–H and O–H groups in total. The van der Waals surface area contributed by atoms with Gasteiger partial charge in [-0.25, -0.2) is 9.50 Å². The van der Waals surface area contributed by atoms with Gasteiger partial charge in [0, 0.05) is 12.1 Å². The molecule has 90 valence electrons. The van der Waals surface area contributed by atoms with Crippen LogP contribution in [-0.4, -0.2) is 14.6 Å². The summed E-state index contributed by atoms with van der Waals surface area (Å²) in [6.07, 6.45) is 1.87. The molecule has 0 bridgehead atoms. The highest BCUT2D eigenvalue weighted by Gasteiger charge is 2.04. The fourth-order valence-electron chi connectivity index (χ4n) is 1.91. The molecule has 0 spiro atoms. The Balaban J connectivity index is 2.09. The van der Waals surface area contributed by atoms with Crippen molar-refractivity contribution in [2.24, 2.45) is 5.73 Å². The summed E-state index contributed by atoms with van der Waals surface area (Å²) in [5.41, 5.74) is 10.5. The number of fused-ring (bicyclic) bond motifs is 1. The number of nitrogens with two attached hydrogens (primary N) is 1. The first kappa shape index (κ1) is 10.9. The van der Waals surface area contributed by atoms with E-state index in [2.05, 4.69) is 41.3 Å². The monoisotopic (exact) mass is 238 g/mol. The number of imidazole rings is 1. The van der Waals surface area contributed by atoms with E-state index in [-0.39, 0.29) is 0 Å². The summed E-state index contributed by atoms with van der Waals surface area (Å²) >= 11 is 0. The van der Waals surface area contributed by atoms with Gasteiger partial charge in [-0.3, -0.25) is 0 Å². The maximum atomic E-state index is 5.58. The van der Waals surface area contributed by atoms with E-state index >= 15 is 0 Å². The lowest BCUT2D eigenvalue weighted by molar-refractivity contribution is 0.934. The summed E-state index contributed by atoms with van der Waals surface area (Å²) in [7, 11) is 0. The third-order valence-corrected chi connectivity index (χ3v) is 2.93. The Labute approximate surface area is 105 Å². The van der Waals surface area contributed by atoms with Gasteiger partial charge in [0.1, 0.15) is 0 Å². The normalized spacial score (nSPS) is 11.0. The molecule has 0 fully saturated rings. The Bertz CT molecular complexity index is 683. The third kappa shape index (κ3) is 1.87. The molecule has 1 aromatic carbocycles. The first-order valence-corrected chi connectivity index (χ1v) is 5.89. The molecule has 0 saturated heterocycles. The van der Waals surface area contributed by atoms with Gasteiger partial charge in [0.2, 0.25) is 0 Å². The fourth-order valence-corrected chi connectivity index (χ4v) is 1.91. The zero-order valence-corrected chi connectivity index (χ0v) is 10.2. The molecule has 0 aliphatic rings. The van der Waals surface area contributed by atoms with E-state index in [1.165, 1.54) is 5.56 Å². The van der Waals surface area contributed by atoms with Crippen LogP contribution in [0.2, 0.25) is 0 Å². The van der Waals surface area contributed by atoms with Crippen LogP contribution in [0.1, 0.15) is 11.3 Å². The lowest BCUT2D eigenvalue weighted by atomic mass is 10.1. The molecular weight excluding hydrogens is 224 g/mol. The summed E-state index contributed by atoms with van der Waals surface area (Å²) < 4.78 is 1.78. The maximum Gasteiger partial charge on any atom is 0.153 e. The summed E-state index contributed by atoms with van der Waals surface area (Å²) in [5.74, 6) is 0. The molecule has 2 heterocycles. The molecule has 2 aromatic heterocycles. The van der Waals surface area contributed by atoms with Crippen LogP contribution < -0.4 is 5.73 Å². The highest BCUT2D eigenvalue weighted by Crippen LogP contribution is 2.17. The second-order valence-corrected chi connectivity index (χ2v) is 4.32. The topological polar surface area (TPSA) is 56.2 Å². The van der Waals surface area contributed by atoms with Crippen molar-refractivity contribution in [1.82, 2.24) is 14.6 Å². The van der Waals surface area contributed by atoms with Crippen molar-refractivity contribution in [1.29, 1.82) is 0 Å². The standard InChI is InChI=1S/C14H14N4/c1-10-2-4-11(5-3-10)13-6-7-14-16-12(8-15)9-18(14)17-13/h2-7,9H,8,15H2,1H3. The molecular formula is C14H14N4. The minimum absolute atomic E-state index is 0.434. The van der Waals surface area contributed by atoms with Crippen LogP contribution in [0.5, 0.6) is 0 Å². The van der Waals surface area contributed by atoms with E-state index in [4.69, 9.17) is 5.73 Å². The van der Waals surface area contributed by atoms with Crippen LogP contribution in [0.25, 0.3) is 16.9 Å². The van der Waals surface area contributed by atoms with Crippen LogP contribution in [-0.2, 0) is 6.54 Å². The van der Waals surface area contributed by atoms with E-state index in [0.29, 0.717) is 6.54 Å². The molecule has 0 unspecified atom stereocenters. The van der Waals surface area contributed by atoms with Crippen molar-refractivity contribution in [3.05, 3.63) is 53.9 Å². The van der Waals surface area contributed by atoms with Gasteiger partial charge in [0.25, 0.3) is 0 Å². The quantitative estimate of drug-likeness (QED) is 0.744. The Morgan fingerprint density at radius 2 is 1.89 bits per heavy atom. The number of benzene rings is 1. The number of hydrogen-bond donors (Lipinski definition) is 1. The fraction of sp³-hybridized carbons (Fsp3) is 0.143. The molecule has 0 saturated carbocycles. The number of nitrogens with zero attached hydrogens (tertiary/aromatic N) is 3. The SMILES string of the molecule is Cc1ccc(-c2ccc3nc(CN)cn3n2)cc1. The van der Waals surface area contributed by atoms with Crippen molar-refractivity contribution in [2.75, 3.05) is 0 Å². The molecule has 3 rings (SSSR count). The Morgan fingerprint density at radius 3 is 2.61 bits per heavy atom. The summed E-state index contributed by atoms with van der Waals surface area (Å²) in [4.78, 5) is 4.36. The molecule has 3 aromatic rings. The molecule has 0 radical (unpaired) electrons. The Kier molecular flexibility index (Phi) is 2.57. The number of rotatable bonds is 2. The second kappa shape index (κ2) is 4.23. The summed E-state index contributed by atoms with van der Waals surface area (Å²) in [6.45, 7) is 2.51. The van der Waals surface area contributed by atoms with Crippen molar-refractivity contribution >= 4 is 5.65 Å². The van der Waals surface area contributed by atoms with Gasteiger partial charge in [-0.1, -0.05) is 29.8 Å². The van der Waals surface area contributed by atoms with Gasteiger partial charge in [-0.2, -0.15) is 5.10 Å². The van der Waals surface area contributed by atoms with Crippen LogP contribution in [0.15, 0.2) is 42.6 Å². The first-order chi connectivity index (χ1) is 8.76. The Hall–Kier alpha value is -2.20. The van der Waals surface area contributed by atoms with E-state index in [9.17, 15) is 0 Å². The van der Waals surface area contributed by atoms with Gasteiger partial charge in [-0.15, -0.1) is 0 Å². The van der Waals surface area contributed by atoms with Crippen molar-refractivity contribution in [3.63, 3.8) is 0 Å². The Morgan fingerprint density at radius 1 is 1.11 bits per heavy atom. The van der Waals surface area contributed by atoms with Crippen molar-refractivity contribution in [2.45, 2.75) is 13.5 Å². The molecule has 0 atom stereocenters. The average molecular weight is 238 g/mol. The van der Waals surface area contributed by atoms with Crippen LogP contribution in [0.4, 0.5) is 0 Å². The minimum atomic E-state index is 0.434. The van der Waals surface area contributed by atoms with Crippen LogP contribution in [0.3, 0.4) is 0 Å². The number of hydrogen-bond acceptors (Lipinski definition) is 3. The van der Waals surface area contributed by atoms with Crippen LogP contribution in [0, 0.1) is 6.92 Å². The van der Waals surface area contributed by atoms with Gasteiger partial charge in [0.05, 0.1) is 17.6 Å². The van der Waals surface area contributed by atoms with E-state index in [0.717, 1.165) is 22.6 Å². The highest BCUT2D eigenvalue weighted by molar-refractivity contribution is 5.60. The lowest BCUT2D eigenvalue weighted by Gasteiger charge is -2.01. The van der Waals surface area contributed by atoms with Gasteiger partial charge in [-0.05, 0) is 19.1 Å². The summed E-state index contributed by atoms with van der Waals surface area (Å²) in [6, 6.07) is 12.3. The smallest absolute Gasteiger partial charge is 0.153 e. The highest BCUT2D eigenvalue weighted by atomic mass is 15.2. The van der Waals surface area contributed by atoms with E-state index < -0.39 is 0 Å². The number of aryl methyl sites for hydroxylation is 1. The zero-order valence-electron chi connectivity index (χ0n) is 10.2. The molecule has 0 amide bonds. The number of aromatic nitrogens is 3. The summed E-state index contributed by atoms with van der Waals surface area (Å²) in [5, 5.41) is 4.54. The van der Waals surface area contributed by atoms with Gasteiger partial charge < -0.3 is 5.73 Å². The largest absolute Gasteiger partial charge is 0.325 e. The predicted molar refractivity (Wildman–Crippen MR) is 71.1 cm³/mol. The molecule has 4 nitrogen and oxygen atoms in total.